The second kappa shape index (κ2) is 11.9. The summed E-state index contributed by atoms with van der Waals surface area (Å²) in [5.74, 6) is 2.04. The standard InChI is InChI=1S/C23H34N4O3S/c1-4-24-23(25-14-21(28)20-13-19(29-2)5-6-22(20)30-3)26-18-7-10-27(11-8-18)15-17-9-12-31-16-17/h5-6,9,12-13,16,18,21,28H,4,7-8,10-11,14-15H2,1-3H3,(H2,24,25,26). The van der Waals surface area contributed by atoms with Crippen LogP contribution in [0.5, 0.6) is 11.5 Å². The molecule has 0 bridgehead atoms. The van der Waals surface area contributed by atoms with Crippen LogP contribution in [0.3, 0.4) is 0 Å². The van der Waals surface area contributed by atoms with E-state index in [2.05, 4.69) is 37.4 Å². The zero-order valence-corrected chi connectivity index (χ0v) is 19.5. The molecule has 8 heteroatoms. The third-order valence-electron chi connectivity index (χ3n) is 5.48. The summed E-state index contributed by atoms with van der Waals surface area (Å²) in [5.41, 5.74) is 2.07. The van der Waals surface area contributed by atoms with Crippen LogP contribution in [0.2, 0.25) is 0 Å². The largest absolute Gasteiger partial charge is 0.497 e. The maximum atomic E-state index is 10.7. The van der Waals surface area contributed by atoms with E-state index in [1.807, 2.05) is 13.0 Å². The van der Waals surface area contributed by atoms with Crippen molar-refractivity contribution in [3.8, 4) is 11.5 Å². The second-order valence-electron chi connectivity index (χ2n) is 7.67. The minimum Gasteiger partial charge on any atom is -0.497 e. The Hall–Kier alpha value is -2.29. The quantitative estimate of drug-likeness (QED) is 0.406. The maximum absolute atomic E-state index is 10.7. The average molecular weight is 447 g/mol. The maximum Gasteiger partial charge on any atom is 0.191 e. The lowest BCUT2D eigenvalue weighted by Gasteiger charge is -2.33. The minimum atomic E-state index is -0.784. The molecule has 0 amide bonds. The fourth-order valence-electron chi connectivity index (χ4n) is 3.77. The Morgan fingerprint density at radius 3 is 2.71 bits per heavy atom. The summed E-state index contributed by atoms with van der Waals surface area (Å²) in [4.78, 5) is 7.13. The van der Waals surface area contributed by atoms with Crippen LogP contribution in [-0.4, -0.2) is 62.4 Å². The molecule has 3 N–H and O–H groups in total. The molecular weight excluding hydrogens is 412 g/mol. The highest BCUT2D eigenvalue weighted by Crippen LogP contribution is 2.29. The van der Waals surface area contributed by atoms with Gasteiger partial charge in [-0.15, -0.1) is 0 Å². The van der Waals surface area contributed by atoms with Crippen LogP contribution in [0.25, 0.3) is 0 Å². The summed E-state index contributed by atoms with van der Waals surface area (Å²) in [5, 5.41) is 21.9. The number of nitrogens with zero attached hydrogens (tertiary/aromatic N) is 2. The van der Waals surface area contributed by atoms with E-state index in [0.717, 1.165) is 45.0 Å². The Kier molecular flexibility index (Phi) is 8.99. The van der Waals surface area contributed by atoms with Crippen molar-refractivity contribution in [1.82, 2.24) is 15.5 Å². The molecule has 2 heterocycles. The summed E-state index contributed by atoms with van der Waals surface area (Å²) in [6.45, 7) is 6.20. The van der Waals surface area contributed by atoms with E-state index < -0.39 is 6.10 Å². The monoisotopic (exact) mass is 446 g/mol. The Morgan fingerprint density at radius 2 is 2.06 bits per heavy atom. The molecule has 1 aromatic carbocycles. The number of aliphatic hydroxyl groups excluding tert-OH is 1. The van der Waals surface area contributed by atoms with Gasteiger partial charge in [0.05, 0.1) is 20.8 Å². The van der Waals surface area contributed by atoms with E-state index in [0.29, 0.717) is 23.1 Å². The molecule has 1 unspecified atom stereocenters. The van der Waals surface area contributed by atoms with Crippen LogP contribution in [0.4, 0.5) is 0 Å². The molecule has 1 saturated heterocycles. The highest BCUT2D eigenvalue weighted by Gasteiger charge is 2.21. The van der Waals surface area contributed by atoms with Crippen molar-refractivity contribution in [2.45, 2.75) is 38.5 Å². The van der Waals surface area contributed by atoms with E-state index in [4.69, 9.17) is 9.47 Å². The second-order valence-corrected chi connectivity index (χ2v) is 8.45. The number of likely N-dealkylation sites (tertiary alicyclic amines) is 1. The molecule has 170 valence electrons. The van der Waals surface area contributed by atoms with Crippen LogP contribution in [0.1, 0.15) is 37.0 Å². The number of ether oxygens (including phenoxy) is 2. The van der Waals surface area contributed by atoms with Gasteiger partial charge < -0.3 is 25.2 Å². The number of thiophene rings is 1. The predicted molar refractivity (Wildman–Crippen MR) is 126 cm³/mol. The van der Waals surface area contributed by atoms with Crippen molar-refractivity contribution in [1.29, 1.82) is 0 Å². The fraction of sp³-hybridized carbons (Fsp3) is 0.522. The summed E-state index contributed by atoms with van der Waals surface area (Å²) in [6, 6.07) is 7.99. The number of aliphatic imine (C=N–C) groups is 1. The number of methoxy groups -OCH3 is 2. The van der Waals surface area contributed by atoms with Crippen LogP contribution in [0, 0.1) is 0 Å². The van der Waals surface area contributed by atoms with E-state index in [9.17, 15) is 5.11 Å². The Bertz CT molecular complexity index is 820. The summed E-state index contributed by atoms with van der Waals surface area (Å²) in [7, 11) is 3.20. The Morgan fingerprint density at radius 1 is 1.26 bits per heavy atom. The molecule has 3 rings (SSSR count). The van der Waals surface area contributed by atoms with Crippen molar-refractivity contribution >= 4 is 17.3 Å². The lowest BCUT2D eigenvalue weighted by atomic mass is 10.0. The van der Waals surface area contributed by atoms with Crippen LogP contribution in [-0.2, 0) is 6.54 Å². The highest BCUT2D eigenvalue weighted by molar-refractivity contribution is 7.07. The van der Waals surface area contributed by atoms with Gasteiger partial charge in [0.2, 0.25) is 0 Å². The van der Waals surface area contributed by atoms with E-state index in [1.54, 1.807) is 37.7 Å². The summed E-state index contributed by atoms with van der Waals surface area (Å²) >= 11 is 1.75. The van der Waals surface area contributed by atoms with Crippen molar-refractivity contribution in [2.75, 3.05) is 40.4 Å². The smallest absolute Gasteiger partial charge is 0.191 e. The van der Waals surface area contributed by atoms with Gasteiger partial charge in [0.1, 0.15) is 17.6 Å². The van der Waals surface area contributed by atoms with Crippen LogP contribution < -0.4 is 20.1 Å². The van der Waals surface area contributed by atoms with E-state index in [1.165, 1.54) is 5.56 Å². The molecule has 1 aliphatic rings. The van der Waals surface area contributed by atoms with Gasteiger partial charge >= 0.3 is 0 Å². The molecule has 0 spiro atoms. The zero-order chi connectivity index (χ0) is 22.1. The van der Waals surface area contributed by atoms with Crippen molar-refractivity contribution < 1.29 is 14.6 Å². The minimum absolute atomic E-state index is 0.232. The molecule has 1 fully saturated rings. The zero-order valence-electron chi connectivity index (χ0n) is 18.6. The van der Waals surface area contributed by atoms with Crippen LogP contribution in [0.15, 0.2) is 40.0 Å². The number of hydrogen-bond acceptors (Lipinski definition) is 6. The molecule has 0 aliphatic carbocycles. The third kappa shape index (κ3) is 6.85. The van der Waals surface area contributed by atoms with Gasteiger partial charge in [-0.2, -0.15) is 11.3 Å². The first kappa shape index (κ1) is 23.4. The molecule has 1 aromatic heterocycles. The van der Waals surface area contributed by atoms with E-state index >= 15 is 0 Å². The number of aliphatic hydroxyl groups is 1. The fourth-order valence-corrected chi connectivity index (χ4v) is 4.43. The molecule has 31 heavy (non-hydrogen) atoms. The van der Waals surface area contributed by atoms with Gasteiger partial charge in [-0.3, -0.25) is 9.89 Å². The van der Waals surface area contributed by atoms with Gasteiger partial charge in [-0.1, -0.05) is 0 Å². The molecule has 2 aromatic rings. The average Bonchev–Trinajstić information content (AvgIpc) is 3.31. The van der Waals surface area contributed by atoms with Gasteiger partial charge in [0.15, 0.2) is 5.96 Å². The number of nitrogens with one attached hydrogen (secondary N) is 2. The Labute approximate surface area is 189 Å². The van der Waals surface area contributed by atoms with Crippen molar-refractivity contribution in [3.05, 3.63) is 46.2 Å². The van der Waals surface area contributed by atoms with Crippen molar-refractivity contribution in [2.24, 2.45) is 4.99 Å². The lowest BCUT2D eigenvalue weighted by molar-refractivity contribution is 0.181. The summed E-state index contributed by atoms with van der Waals surface area (Å²) in [6.07, 6.45) is 1.36. The first-order valence-electron chi connectivity index (χ1n) is 10.8. The molecule has 1 atom stereocenters. The number of rotatable bonds is 9. The molecular formula is C23H34N4O3S. The van der Waals surface area contributed by atoms with Crippen LogP contribution >= 0.6 is 11.3 Å². The number of benzene rings is 1. The van der Waals surface area contributed by atoms with Gasteiger partial charge in [0, 0.05) is 37.8 Å². The molecule has 1 aliphatic heterocycles. The van der Waals surface area contributed by atoms with Gasteiger partial charge in [0.25, 0.3) is 0 Å². The predicted octanol–water partition coefficient (Wildman–Crippen LogP) is 3.02. The van der Waals surface area contributed by atoms with Gasteiger partial charge in [-0.05, 0) is 60.4 Å². The van der Waals surface area contributed by atoms with Gasteiger partial charge in [-0.25, -0.2) is 0 Å². The number of guanidine groups is 1. The molecule has 0 saturated carbocycles. The lowest BCUT2D eigenvalue weighted by Crippen LogP contribution is -2.48. The number of piperidine rings is 1. The summed E-state index contributed by atoms with van der Waals surface area (Å²) < 4.78 is 10.7. The third-order valence-corrected chi connectivity index (χ3v) is 6.21. The first-order valence-corrected chi connectivity index (χ1v) is 11.8. The highest BCUT2D eigenvalue weighted by atomic mass is 32.1. The first-order chi connectivity index (χ1) is 15.1. The number of hydrogen-bond donors (Lipinski definition) is 3. The SMILES string of the molecule is CCNC(=NCC(O)c1cc(OC)ccc1OC)NC1CCN(Cc2ccsc2)CC1. The Balaban J connectivity index is 1.55. The normalized spacial score (nSPS) is 16.7. The molecule has 7 nitrogen and oxygen atoms in total. The van der Waals surface area contributed by atoms with E-state index in [-0.39, 0.29) is 6.54 Å². The molecule has 0 radical (unpaired) electrons. The topological polar surface area (TPSA) is 78.4 Å². The van der Waals surface area contributed by atoms with Crippen molar-refractivity contribution in [3.63, 3.8) is 0 Å².